The molecule has 1 N–H and O–H groups in total. The van der Waals surface area contributed by atoms with Crippen molar-refractivity contribution in [3.05, 3.63) is 48.0 Å². The maximum absolute atomic E-state index is 12.9. The van der Waals surface area contributed by atoms with Gasteiger partial charge in [0.15, 0.2) is 0 Å². The van der Waals surface area contributed by atoms with Gasteiger partial charge in [-0.05, 0) is 36.8 Å². The fourth-order valence-electron chi connectivity index (χ4n) is 3.74. The quantitative estimate of drug-likeness (QED) is 0.678. The van der Waals surface area contributed by atoms with E-state index in [0.29, 0.717) is 49.8 Å². The van der Waals surface area contributed by atoms with E-state index in [9.17, 15) is 9.59 Å². The second kappa shape index (κ2) is 10.9. The summed E-state index contributed by atoms with van der Waals surface area (Å²) in [7, 11) is 4.75. The minimum absolute atomic E-state index is 0.0797. The number of ether oxygens (including phenoxy) is 3. The third kappa shape index (κ3) is 5.70. The molecule has 8 heteroatoms. The largest absolute Gasteiger partial charge is 0.497 e. The van der Waals surface area contributed by atoms with Crippen LogP contribution >= 0.6 is 0 Å². The van der Waals surface area contributed by atoms with Gasteiger partial charge in [0.25, 0.3) is 0 Å². The number of methoxy groups -OCH3 is 3. The highest BCUT2D eigenvalue weighted by Crippen LogP contribution is 2.29. The number of rotatable bonds is 8. The Morgan fingerprint density at radius 2 is 1.62 bits per heavy atom. The molecular formula is C24H31N3O5. The first kappa shape index (κ1) is 23.4. The smallest absolute Gasteiger partial charge is 0.241 e. The number of hydrogen-bond acceptors (Lipinski definition) is 6. The summed E-state index contributed by atoms with van der Waals surface area (Å²) in [5.41, 5.74) is 1.49. The molecule has 1 fully saturated rings. The monoisotopic (exact) mass is 441 g/mol. The van der Waals surface area contributed by atoms with Crippen LogP contribution in [0.3, 0.4) is 0 Å². The Labute approximate surface area is 189 Å². The molecule has 3 rings (SSSR count). The molecule has 0 spiro atoms. The Morgan fingerprint density at radius 1 is 0.938 bits per heavy atom. The molecule has 1 atom stereocenters. The maximum atomic E-state index is 12.9. The summed E-state index contributed by atoms with van der Waals surface area (Å²) in [6.07, 6.45) is 0.336. The number of hydrogen-bond donors (Lipinski definition) is 1. The van der Waals surface area contributed by atoms with Crippen LogP contribution < -0.4 is 19.5 Å². The highest BCUT2D eigenvalue weighted by atomic mass is 16.5. The number of nitrogens with one attached hydrogen (secondary N) is 1. The van der Waals surface area contributed by atoms with Gasteiger partial charge in [-0.1, -0.05) is 12.1 Å². The normalized spacial score (nSPS) is 15.1. The van der Waals surface area contributed by atoms with Crippen LogP contribution in [0.1, 0.15) is 12.5 Å². The number of nitrogens with zero attached hydrogens (tertiary/aromatic N) is 2. The van der Waals surface area contributed by atoms with Gasteiger partial charge < -0.3 is 24.4 Å². The zero-order valence-electron chi connectivity index (χ0n) is 19.1. The van der Waals surface area contributed by atoms with E-state index in [1.165, 1.54) is 0 Å². The van der Waals surface area contributed by atoms with Crippen molar-refractivity contribution in [2.24, 2.45) is 0 Å². The number of benzene rings is 2. The molecule has 2 aromatic carbocycles. The van der Waals surface area contributed by atoms with Gasteiger partial charge in [0.2, 0.25) is 11.8 Å². The lowest BCUT2D eigenvalue weighted by molar-refractivity contribution is -0.133. The van der Waals surface area contributed by atoms with Crippen LogP contribution in [-0.2, 0) is 16.0 Å². The van der Waals surface area contributed by atoms with E-state index in [-0.39, 0.29) is 17.9 Å². The van der Waals surface area contributed by atoms with E-state index in [0.717, 1.165) is 11.3 Å². The van der Waals surface area contributed by atoms with Crippen LogP contribution in [0, 0.1) is 0 Å². The van der Waals surface area contributed by atoms with Crippen molar-refractivity contribution in [1.82, 2.24) is 9.80 Å². The number of piperazine rings is 1. The van der Waals surface area contributed by atoms with Gasteiger partial charge in [-0.25, -0.2) is 0 Å². The van der Waals surface area contributed by atoms with Crippen LogP contribution in [0.5, 0.6) is 17.2 Å². The summed E-state index contributed by atoms with van der Waals surface area (Å²) in [6.45, 7) is 4.31. The third-order valence-corrected chi connectivity index (χ3v) is 5.75. The molecule has 172 valence electrons. The van der Waals surface area contributed by atoms with Crippen molar-refractivity contribution in [2.45, 2.75) is 19.4 Å². The molecule has 0 saturated carbocycles. The zero-order valence-corrected chi connectivity index (χ0v) is 19.1. The Morgan fingerprint density at radius 3 is 2.28 bits per heavy atom. The average Bonchev–Trinajstić information content (AvgIpc) is 2.83. The number of amides is 2. The van der Waals surface area contributed by atoms with Gasteiger partial charge in [0.1, 0.15) is 17.2 Å². The van der Waals surface area contributed by atoms with E-state index in [2.05, 4.69) is 10.2 Å². The first-order valence-electron chi connectivity index (χ1n) is 10.6. The summed E-state index contributed by atoms with van der Waals surface area (Å²) in [6, 6.07) is 12.5. The lowest BCUT2D eigenvalue weighted by Gasteiger charge is -2.37. The molecule has 0 aliphatic carbocycles. The van der Waals surface area contributed by atoms with Crippen LogP contribution in [-0.4, -0.2) is 75.2 Å². The second-order valence-electron chi connectivity index (χ2n) is 7.68. The molecule has 8 nitrogen and oxygen atoms in total. The maximum Gasteiger partial charge on any atom is 0.241 e. The van der Waals surface area contributed by atoms with Gasteiger partial charge in [-0.3, -0.25) is 14.5 Å². The minimum Gasteiger partial charge on any atom is -0.497 e. The molecule has 0 aromatic heterocycles. The zero-order chi connectivity index (χ0) is 23.1. The van der Waals surface area contributed by atoms with Crippen LogP contribution in [0.4, 0.5) is 5.69 Å². The molecule has 0 radical (unpaired) electrons. The summed E-state index contributed by atoms with van der Waals surface area (Å²) < 4.78 is 15.8. The van der Waals surface area contributed by atoms with Crippen molar-refractivity contribution in [3.63, 3.8) is 0 Å². The predicted molar refractivity (Wildman–Crippen MR) is 122 cm³/mol. The summed E-state index contributed by atoms with van der Waals surface area (Å²) in [5.74, 6) is 1.90. The summed E-state index contributed by atoms with van der Waals surface area (Å²) >= 11 is 0. The van der Waals surface area contributed by atoms with Crippen molar-refractivity contribution in [2.75, 3.05) is 52.8 Å². The first-order valence-corrected chi connectivity index (χ1v) is 10.6. The van der Waals surface area contributed by atoms with Crippen LogP contribution in [0.2, 0.25) is 0 Å². The van der Waals surface area contributed by atoms with E-state index in [1.807, 2.05) is 36.1 Å². The first-order chi connectivity index (χ1) is 15.4. The highest BCUT2D eigenvalue weighted by molar-refractivity contribution is 5.96. The Bertz CT molecular complexity index is 941. The van der Waals surface area contributed by atoms with Crippen LogP contribution in [0.25, 0.3) is 0 Å². The third-order valence-electron chi connectivity index (χ3n) is 5.75. The molecule has 1 aliphatic rings. The summed E-state index contributed by atoms with van der Waals surface area (Å²) in [5, 5.41) is 2.93. The van der Waals surface area contributed by atoms with E-state index >= 15 is 0 Å². The van der Waals surface area contributed by atoms with Gasteiger partial charge in [0.05, 0.1) is 39.5 Å². The van der Waals surface area contributed by atoms with Crippen molar-refractivity contribution < 1.29 is 23.8 Å². The molecule has 1 heterocycles. The molecular weight excluding hydrogens is 410 g/mol. The van der Waals surface area contributed by atoms with Gasteiger partial charge >= 0.3 is 0 Å². The molecule has 32 heavy (non-hydrogen) atoms. The van der Waals surface area contributed by atoms with Crippen molar-refractivity contribution >= 4 is 17.5 Å². The average molecular weight is 442 g/mol. The topological polar surface area (TPSA) is 80.3 Å². The van der Waals surface area contributed by atoms with E-state index < -0.39 is 0 Å². The van der Waals surface area contributed by atoms with Crippen molar-refractivity contribution in [1.29, 1.82) is 0 Å². The Balaban J connectivity index is 1.54. The standard InChI is InChI=1S/C24H31N3O5/c1-17(24(29)25-21-16-20(31-3)8-9-22(21)32-4)26-10-12-27(13-11-26)23(28)15-18-6-5-7-19(14-18)30-2/h5-9,14,16-17H,10-13,15H2,1-4H3,(H,25,29). The van der Waals surface area contributed by atoms with Crippen molar-refractivity contribution in [3.8, 4) is 17.2 Å². The Hall–Kier alpha value is -3.26. The number of anilines is 1. The lowest BCUT2D eigenvalue weighted by Crippen LogP contribution is -2.54. The fourth-order valence-corrected chi connectivity index (χ4v) is 3.74. The lowest BCUT2D eigenvalue weighted by atomic mass is 10.1. The highest BCUT2D eigenvalue weighted by Gasteiger charge is 2.28. The minimum atomic E-state index is -0.346. The fraction of sp³-hybridized carbons (Fsp3) is 0.417. The van der Waals surface area contributed by atoms with E-state index in [4.69, 9.17) is 14.2 Å². The molecule has 2 amide bonds. The second-order valence-corrected chi connectivity index (χ2v) is 7.68. The molecule has 2 aromatic rings. The molecule has 1 saturated heterocycles. The van der Waals surface area contributed by atoms with Crippen LogP contribution in [0.15, 0.2) is 42.5 Å². The predicted octanol–water partition coefficient (Wildman–Crippen LogP) is 2.43. The summed E-state index contributed by atoms with van der Waals surface area (Å²) in [4.78, 5) is 29.5. The molecule has 0 bridgehead atoms. The molecule has 1 aliphatic heterocycles. The van der Waals surface area contributed by atoms with E-state index in [1.54, 1.807) is 39.5 Å². The Kier molecular flexibility index (Phi) is 7.94. The SMILES string of the molecule is COc1cccc(CC(=O)N2CCN(C(C)C(=O)Nc3cc(OC)ccc3OC)CC2)c1. The van der Waals surface area contributed by atoms with Gasteiger partial charge in [-0.15, -0.1) is 0 Å². The van der Waals surface area contributed by atoms with Gasteiger partial charge in [-0.2, -0.15) is 0 Å². The number of carbonyl (C=O) groups is 2. The number of carbonyl (C=O) groups excluding carboxylic acids is 2. The van der Waals surface area contributed by atoms with Gasteiger partial charge in [0, 0.05) is 32.2 Å². The molecule has 1 unspecified atom stereocenters.